The Morgan fingerprint density at radius 1 is 1.28 bits per heavy atom. The molecule has 1 aromatic heterocycles. The van der Waals surface area contributed by atoms with E-state index in [1.165, 1.54) is 5.39 Å². The summed E-state index contributed by atoms with van der Waals surface area (Å²) in [6.07, 6.45) is 4.33. The van der Waals surface area contributed by atoms with Crippen molar-refractivity contribution in [2.75, 3.05) is 40.3 Å². The summed E-state index contributed by atoms with van der Waals surface area (Å²) in [5.41, 5.74) is 2.27. The molecule has 2 fully saturated rings. The summed E-state index contributed by atoms with van der Waals surface area (Å²) < 4.78 is 5.46. The zero-order valence-electron chi connectivity index (χ0n) is 17.5. The summed E-state index contributed by atoms with van der Waals surface area (Å²) in [6.45, 7) is 4.90. The zero-order valence-corrected chi connectivity index (χ0v) is 17.5. The van der Waals surface area contributed by atoms with Crippen LogP contribution < -0.4 is 4.74 Å². The molecular weight excluding hydrogens is 366 g/mol. The third-order valence-electron chi connectivity index (χ3n) is 6.55. The van der Waals surface area contributed by atoms with Gasteiger partial charge in [0.2, 0.25) is 5.91 Å². The fraction of sp³-hybridized carbons (Fsp3) is 0.522. The Kier molecular flexibility index (Phi) is 5.54. The first-order valence-electron chi connectivity index (χ1n) is 10.4. The molecule has 2 aromatic rings. The van der Waals surface area contributed by atoms with Crippen LogP contribution in [0.15, 0.2) is 24.4 Å². The van der Waals surface area contributed by atoms with Gasteiger partial charge in [0.05, 0.1) is 13.7 Å². The first kappa shape index (κ1) is 19.8. The minimum absolute atomic E-state index is 0.0800. The summed E-state index contributed by atoms with van der Waals surface area (Å²) in [5, 5.41) is 2.33. The number of benzene rings is 1. The van der Waals surface area contributed by atoms with Crippen molar-refractivity contribution in [1.29, 1.82) is 0 Å². The fourth-order valence-corrected chi connectivity index (χ4v) is 4.62. The number of ether oxygens (including phenoxy) is 1. The number of aromatic nitrogens is 1. The van der Waals surface area contributed by atoms with Crippen molar-refractivity contribution in [2.45, 2.75) is 32.1 Å². The van der Waals surface area contributed by atoms with Crippen LogP contribution in [0.25, 0.3) is 10.8 Å². The number of rotatable bonds is 5. The average Bonchev–Trinajstić information content (AvgIpc) is 3.07. The molecule has 2 saturated heterocycles. The third-order valence-corrected chi connectivity index (χ3v) is 6.55. The Morgan fingerprint density at radius 3 is 2.69 bits per heavy atom. The van der Waals surface area contributed by atoms with Gasteiger partial charge in [0.15, 0.2) is 5.78 Å². The first-order chi connectivity index (χ1) is 14.0. The number of fused-ring (bicyclic) bond motifs is 1. The van der Waals surface area contributed by atoms with Gasteiger partial charge >= 0.3 is 0 Å². The molecule has 0 unspecified atom stereocenters. The molecule has 3 heterocycles. The van der Waals surface area contributed by atoms with E-state index in [4.69, 9.17) is 9.72 Å². The van der Waals surface area contributed by atoms with Crippen molar-refractivity contribution < 1.29 is 14.3 Å². The van der Waals surface area contributed by atoms with Crippen molar-refractivity contribution in [3.63, 3.8) is 0 Å². The van der Waals surface area contributed by atoms with Crippen LogP contribution in [0.5, 0.6) is 5.75 Å². The predicted molar refractivity (Wildman–Crippen MR) is 112 cm³/mol. The monoisotopic (exact) mass is 395 g/mol. The lowest BCUT2D eigenvalue weighted by molar-refractivity contribution is -0.128. The molecular formula is C23H29N3O3. The summed E-state index contributed by atoms with van der Waals surface area (Å²) in [6, 6.07) is 6.25. The van der Waals surface area contributed by atoms with E-state index >= 15 is 0 Å². The van der Waals surface area contributed by atoms with Gasteiger partial charge in [-0.25, -0.2) is 0 Å². The SMILES string of the molecule is COc1ccc2cnc(C3CCN(CC(=O)[C@@H]4CC(=O)N(C)C4)CC3)cc2c1C. The minimum Gasteiger partial charge on any atom is -0.496 e. The smallest absolute Gasteiger partial charge is 0.223 e. The summed E-state index contributed by atoms with van der Waals surface area (Å²) in [5.74, 6) is 1.46. The highest BCUT2D eigenvalue weighted by atomic mass is 16.5. The fourth-order valence-electron chi connectivity index (χ4n) is 4.62. The van der Waals surface area contributed by atoms with Gasteiger partial charge in [-0.15, -0.1) is 0 Å². The van der Waals surface area contributed by atoms with Gasteiger partial charge in [-0.1, -0.05) is 0 Å². The Bertz CT molecular complexity index is 934. The number of carbonyl (C=O) groups excluding carboxylic acids is 2. The number of amides is 1. The van der Waals surface area contributed by atoms with Gasteiger partial charge in [-0.3, -0.25) is 19.5 Å². The molecule has 29 heavy (non-hydrogen) atoms. The van der Waals surface area contributed by atoms with Crippen molar-refractivity contribution in [3.8, 4) is 5.75 Å². The van der Waals surface area contributed by atoms with Gasteiger partial charge in [0.25, 0.3) is 0 Å². The number of piperidine rings is 1. The second kappa shape index (κ2) is 8.11. The second-order valence-corrected chi connectivity index (χ2v) is 8.42. The normalized spacial score (nSPS) is 21.1. The lowest BCUT2D eigenvalue weighted by Crippen LogP contribution is -2.39. The number of methoxy groups -OCH3 is 1. The third kappa shape index (κ3) is 3.99. The Labute approximate surface area is 171 Å². The number of likely N-dealkylation sites (tertiary alicyclic amines) is 2. The number of hydrogen-bond donors (Lipinski definition) is 0. The highest BCUT2D eigenvalue weighted by Gasteiger charge is 2.33. The van der Waals surface area contributed by atoms with Crippen LogP contribution in [0.2, 0.25) is 0 Å². The van der Waals surface area contributed by atoms with E-state index in [2.05, 4.69) is 24.0 Å². The van der Waals surface area contributed by atoms with Gasteiger partial charge in [-0.05, 0) is 62.0 Å². The summed E-state index contributed by atoms with van der Waals surface area (Å²) in [7, 11) is 3.47. The van der Waals surface area contributed by atoms with Crippen LogP contribution in [0, 0.1) is 12.8 Å². The first-order valence-corrected chi connectivity index (χ1v) is 10.4. The van der Waals surface area contributed by atoms with Crippen LogP contribution in [0.3, 0.4) is 0 Å². The maximum absolute atomic E-state index is 12.6. The summed E-state index contributed by atoms with van der Waals surface area (Å²) in [4.78, 5) is 32.9. The molecule has 154 valence electrons. The van der Waals surface area contributed by atoms with E-state index in [0.717, 1.165) is 48.3 Å². The molecule has 1 atom stereocenters. The maximum atomic E-state index is 12.6. The van der Waals surface area contributed by atoms with Crippen molar-refractivity contribution >= 4 is 22.5 Å². The van der Waals surface area contributed by atoms with E-state index < -0.39 is 0 Å². The molecule has 1 amide bonds. The highest BCUT2D eigenvalue weighted by Crippen LogP contribution is 2.32. The molecule has 4 rings (SSSR count). The number of ketones is 1. The van der Waals surface area contributed by atoms with Gasteiger partial charge in [0, 0.05) is 49.1 Å². The standard InChI is InChI=1S/C23H29N3O3/c1-15-19-11-20(24-12-17(19)4-5-22(15)29-3)16-6-8-26(9-7-16)14-21(27)18-10-23(28)25(2)13-18/h4-5,11-12,16,18H,6-10,13-14H2,1-3H3/t18-/m1/s1. The number of aryl methyl sites for hydroxylation is 1. The van der Waals surface area contributed by atoms with Gasteiger partial charge < -0.3 is 9.64 Å². The Balaban J connectivity index is 1.39. The molecule has 0 aliphatic carbocycles. The van der Waals surface area contributed by atoms with Gasteiger partial charge in [0.1, 0.15) is 5.75 Å². The van der Waals surface area contributed by atoms with Crippen molar-refractivity contribution in [3.05, 3.63) is 35.7 Å². The number of hydrogen-bond acceptors (Lipinski definition) is 5. The van der Waals surface area contributed by atoms with E-state index in [-0.39, 0.29) is 17.6 Å². The molecule has 0 spiro atoms. The minimum atomic E-state index is -0.134. The van der Waals surface area contributed by atoms with E-state index in [0.29, 0.717) is 25.4 Å². The quantitative estimate of drug-likeness (QED) is 0.779. The van der Waals surface area contributed by atoms with Gasteiger partial charge in [-0.2, -0.15) is 0 Å². The molecule has 2 aliphatic rings. The number of nitrogens with zero attached hydrogens (tertiary/aromatic N) is 3. The van der Waals surface area contributed by atoms with Crippen LogP contribution >= 0.6 is 0 Å². The van der Waals surface area contributed by atoms with Crippen LogP contribution in [0.1, 0.15) is 36.4 Å². The van der Waals surface area contributed by atoms with Crippen LogP contribution in [-0.4, -0.2) is 66.8 Å². The van der Waals surface area contributed by atoms with Crippen LogP contribution in [0.4, 0.5) is 0 Å². The second-order valence-electron chi connectivity index (χ2n) is 8.42. The molecule has 6 nitrogen and oxygen atoms in total. The molecule has 0 N–H and O–H groups in total. The molecule has 0 radical (unpaired) electrons. The largest absolute Gasteiger partial charge is 0.496 e. The van der Waals surface area contributed by atoms with E-state index in [1.54, 1.807) is 19.1 Å². The molecule has 0 saturated carbocycles. The van der Waals surface area contributed by atoms with Crippen molar-refractivity contribution in [1.82, 2.24) is 14.8 Å². The zero-order chi connectivity index (χ0) is 20.5. The Hall–Kier alpha value is -2.47. The predicted octanol–water partition coefficient (Wildman–Crippen LogP) is 2.78. The lowest BCUT2D eigenvalue weighted by Gasteiger charge is -2.31. The number of pyridine rings is 1. The van der Waals surface area contributed by atoms with Crippen LogP contribution in [-0.2, 0) is 9.59 Å². The average molecular weight is 396 g/mol. The Morgan fingerprint density at radius 2 is 2.03 bits per heavy atom. The number of carbonyl (C=O) groups is 2. The maximum Gasteiger partial charge on any atom is 0.223 e. The van der Waals surface area contributed by atoms with E-state index in [1.807, 2.05) is 12.3 Å². The topological polar surface area (TPSA) is 62.7 Å². The molecule has 6 heteroatoms. The molecule has 2 aliphatic heterocycles. The highest BCUT2D eigenvalue weighted by molar-refractivity contribution is 5.91. The summed E-state index contributed by atoms with van der Waals surface area (Å²) >= 11 is 0. The lowest BCUT2D eigenvalue weighted by atomic mass is 9.91. The molecule has 1 aromatic carbocycles. The van der Waals surface area contributed by atoms with Crippen molar-refractivity contribution in [2.24, 2.45) is 5.92 Å². The van der Waals surface area contributed by atoms with E-state index in [9.17, 15) is 9.59 Å². The molecule has 0 bridgehead atoms. The number of Topliss-reactive ketones (excluding diaryl/α,β-unsaturated/α-hetero) is 1.